The second-order valence-corrected chi connectivity index (χ2v) is 8.99. The number of ether oxygens (including phenoxy) is 1. The molecule has 34 heavy (non-hydrogen) atoms. The average molecular weight is 480 g/mol. The number of benzene rings is 3. The molecule has 0 bridgehead atoms. The van der Waals surface area contributed by atoms with Crippen molar-refractivity contribution in [2.45, 2.75) is 32.1 Å². The Balaban J connectivity index is 1.83. The van der Waals surface area contributed by atoms with Gasteiger partial charge in [-0.15, -0.1) is 0 Å². The summed E-state index contributed by atoms with van der Waals surface area (Å²) in [6.45, 7) is 6.81. The van der Waals surface area contributed by atoms with Crippen LogP contribution < -0.4 is 19.7 Å². The third kappa shape index (κ3) is 7.37. The molecular weight excluding hydrogens is 449 g/mol. The Bertz CT molecular complexity index is 1140. The lowest BCUT2D eigenvalue weighted by Gasteiger charge is -2.23. The minimum absolute atomic E-state index is 0.130. The summed E-state index contributed by atoms with van der Waals surface area (Å²) in [5, 5.41) is 2.95. The highest BCUT2D eigenvalue weighted by molar-refractivity contribution is 7.97. The van der Waals surface area contributed by atoms with Crippen molar-refractivity contribution in [1.82, 2.24) is 4.72 Å². The van der Waals surface area contributed by atoms with Crippen LogP contribution in [0.5, 0.6) is 11.5 Å². The minimum Gasteiger partial charge on any atom is -0.455 e. The standard InChI is InChI=1S/C27H30FN3O2S/c1-5-31(18-19(2)3)25-14-11-22(17-26(25)33-23-8-6-7-21(28)16-23)30-27(32)15-20-9-12-24(13-10-20)34-29-4/h6-14,16-18,29H,5,15H2,1-4H3,(H,30,32). The normalized spacial score (nSPS) is 10.5. The Morgan fingerprint density at radius 1 is 1.09 bits per heavy atom. The van der Waals surface area contributed by atoms with Crippen LogP contribution in [0.1, 0.15) is 26.3 Å². The second-order valence-electron chi connectivity index (χ2n) is 7.91. The van der Waals surface area contributed by atoms with Gasteiger partial charge in [0.1, 0.15) is 11.6 Å². The molecule has 0 aliphatic carbocycles. The molecule has 0 radical (unpaired) electrons. The lowest BCUT2D eigenvalue weighted by atomic mass is 10.1. The van der Waals surface area contributed by atoms with E-state index in [1.165, 1.54) is 24.1 Å². The number of rotatable bonds is 10. The van der Waals surface area contributed by atoms with Crippen LogP contribution in [-0.2, 0) is 11.2 Å². The van der Waals surface area contributed by atoms with E-state index in [0.717, 1.165) is 28.3 Å². The number of allylic oxidation sites excluding steroid dienone is 1. The number of amides is 1. The van der Waals surface area contributed by atoms with Gasteiger partial charge in [0.2, 0.25) is 5.91 Å². The molecule has 3 aromatic carbocycles. The van der Waals surface area contributed by atoms with Gasteiger partial charge in [0, 0.05) is 35.5 Å². The Kier molecular flexibility index (Phi) is 9.13. The maximum Gasteiger partial charge on any atom is 0.228 e. The lowest BCUT2D eigenvalue weighted by molar-refractivity contribution is -0.115. The molecule has 2 N–H and O–H groups in total. The van der Waals surface area contributed by atoms with Gasteiger partial charge in [-0.1, -0.05) is 23.8 Å². The van der Waals surface area contributed by atoms with E-state index in [4.69, 9.17) is 4.74 Å². The van der Waals surface area contributed by atoms with E-state index in [0.29, 0.717) is 17.2 Å². The monoisotopic (exact) mass is 479 g/mol. The SMILES string of the molecule is CCN(C=C(C)C)c1ccc(NC(=O)Cc2ccc(SNC)cc2)cc1Oc1cccc(F)c1. The van der Waals surface area contributed by atoms with Gasteiger partial charge in [0.05, 0.1) is 12.1 Å². The molecule has 3 rings (SSSR count). The molecule has 0 aliphatic heterocycles. The van der Waals surface area contributed by atoms with Crippen LogP contribution >= 0.6 is 11.9 Å². The third-order valence-electron chi connectivity index (χ3n) is 4.84. The fourth-order valence-electron chi connectivity index (χ4n) is 3.39. The molecule has 0 heterocycles. The summed E-state index contributed by atoms with van der Waals surface area (Å²) in [7, 11) is 1.86. The highest BCUT2D eigenvalue weighted by Crippen LogP contribution is 2.35. The van der Waals surface area contributed by atoms with Crippen molar-refractivity contribution in [1.29, 1.82) is 0 Å². The molecule has 0 fully saturated rings. The van der Waals surface area contributed by atoms with Crippen LogP contribution in [0.4, 0.5) is 15.8 Å². The van der Waals surface area contributed by atoms with Crippen LogP contribution in [0.15, 0.2) is 83.4 Å². The van der Waals surface area contributed by atoms with Gasteiger partial charge in [-0.05, 0) is 81.7 Å². The molecule has 0 saturated carbocycles. The van der Waals surface area contributed by atoms with Gasteiger partial charge in [-0.3, -0.25) is 9.52 Å². The highest BCUT2D eigenvalue weighted by Gasteiger charge is 2.14. The molecule has 1 amide bonds. The molecule has 0 unspecified atom stereocenters. The Morgan fingerprint density at radius 2 is 1.85 bits per heavy atom. The molecule has 0 aromatic heterocycles. The van der Waals surface area contributed by atoms with Crippen molar-refractivity contribution in [3.05, 3.63) is 89.9 Å². The largest absolute Gasteiger partial charge is 0.455 e. The van der Waals surface area contributed by atoms with E-state index in [1.807, 2.05) is 70.4 Å². The lowest BCUT2D eigenvalue weighted by Crippen LogP contribution is -2.17. The number of carbonyl (C=O) groups excluding carboxylic acids is 1. The smallest absolute Gasteiger partial charge is 0.228 e. The summed E-state index contributed by atoms with van der Waals surface area (Å²) in [4.78, 5) is 15.8. The Labute approximate surface area is 205 Å². The first-order valence-electron chi connectivity index (χ1n) is 11.1. The third-order valence-corrected chi connectivity index (χ3v) is 5.55. The molecule has 178 valence electrons. The summed E-state index contributed by atoms with van der Waals surface area (Å²) >= 11 is 1.52. The number of halogens is 1. The van der Waals surface area contributed by atoms with Crippen LogP contribution in [0.3, 0.4) is 0 Å². The zero-order chi connectivity index (χ0) is 24.5. The number of nitrogens with one attached hydrogen (secondary N) is 2. The number of hydrogen-bond acceptors (Lipinski definition) is 5. The maximum atomic E-state index is 13.7. The maximum absolute atomic E-state index is 13.7. The molecule has 0 saturated heterocycles. The van der Waals surface area contributed by atoms with Gasteiger partial charge in [0.25, 0.3) is 0 Å². The minimum atomic E-state index is -0.376. The first kappa shape index (κ1) is 25.3. The quantitative estimate of drug-likeness (QED) is 0.314. The van der Waals surface area contributed by atoms with Crippen LogP contribution in [0.25, 0.3) is 0 Å². The predicted molar refractivity (Wildman–Crippen MR) is 139 cm³/mol. The van der Waals surface area contributed by atoms with E-state index in [-0.39, 0.29) is 18.1 Å². The summed E-state index contributed by atoms with van der Waals surface area (Å²) < 4.78 is 22.8. The molecule has 0 aliphatic rings. The van der Waals surface area contributed by atoms with Gasteiger partial charge < -0.3 is 15.0 Å². The highest BCUT2D eigenvalue weighted by atomic mass is 32.2. The van der Waals surface area contributed by atoms with E-state index in [9.17, 15) is 9.18 Å². The second kappa shape index (κ2) is 12.3. The zero-order valence-corrected chi connectivity index (χ0v) is 20.7. The van der Waals surface area contributed by atoms with Crippen molar-refractivity contribution in [2.75, 3.05) is 23.8 Å². The Hall–Kier alpha value is -3.29. The number of nitrogens with zero attached hydrogens (tertiary/aromatic N) is 1. The topological polar surface area (TPSA) is 53.6 Å². The summed E-state index contributed by atoms with van der Waals surface area (Å²) in [6.07, 6.45) is 2.28. The summed E-state index contributed by atoms with van der Waals surface area (Å²) in [6, 6.07) is 19.4. The van der Waals surface area contributed by atoms with Crippen molar-refractivity contribution in [3.63, 3.8) is 0 Å². The Morgan fingerprint density at radius 3 is 2.50 bits per heavy atom. The van der Waals surface area contributed by atoms with Crippen molar-refractivity contribution in [2.24, 2.45) is 0 Å². The van der Waals surface area contributed by atoms with Crippen molar-refractivity contribution < 1.29 is 13.9 Å². The number of hydrogen-bond donors (Lipinski definition) is 2. The van der Waals surface area contributed by atoms with E-state index in [2.05, 4.69) is 14.9 Å². The van der Waals surface area contributed by atoms with E-state index >= 15 is 0 Å². The van der Waals surface area contributed by atoms with Gasteiger partial charge in [0.15, 0.2) is 5.75 Å². The fourth-order valence-corrected chi connectivity index (χ4v) is 3.90. The fraction of sp³-hybridized carbons (Fsp3) is 0.222. The number of anilines is 2. The molecule has 7 heteroatoms. The summed E-state index contributed by atoms with van der Waals surface area (Å²) in [5.41, 5.74) is 3.49. The molecule has 5 nitrogen and oxygen atoms in total. The van der Waals surface area contributed by atoms with Crippen molar-refractivity contribution >= 4 is 29.2 Å². The van der Waals surface area contributed by atoms with Gasteiger partial charge >= 0.3 is 0 Å². The molecular formula is C27H30FN3O2S. The number of carbonyl (C=O) groups is 1. The average Bonchev–Trinajstić information content (AvgIpc) is 2.79. The van der Waals surface area contributed by atoms with Gasteiger partial charge in [-0.2, -0.15) is 0 Å². The molecule has 0 spiro atoms. The van der Waals surface area contributed by atoms with Gasteiger partial charge in [-0.25, -0.2) is 4.39 Å². The predicted octanol–water partition coefficient (Wildman–Crippen LogP) is 6.78. The van der Waals surface area contributed by atoms with Crippen LogP contribution in [0.2, 0.25) is 0 Å². The summed E-state index contributed by atoms with van der Waals surface area (Å²) in [5.74, 6) is 0.406. The van der Waals surface area contributed by atoms with Crippen LogP contribution in [0, 0.1) is 5.82 Å². The van der Waals surface area contributed by atoms with Crippen LogP contribution in [-0.4, -0.2) is 19.5 Å². The zero-order valence-electron chi connectivity index (χ0n) is 19.9. The molecule has 3 aromatic rings. The van der Waals surface area contributed by atoms with E-state index in [1.54, 1.807) is 18.2 Å². The van der Waals surface area contributed by atoms with E-state index < -0.39 is 0 Å². The van der Waals surface area contributed by atoms with Crippen molar-refractivity contribution in [3.8, 4) is 11.5 Å². The first-order chi connectivity index (χ1) is 16.4. The first-order valence-corrected chi connectivity index (χ1v) is 11.9. The molecule has 0 atom stereocenters.